The monoisotopic (exact) mass is 202 g/mol. The van der Waals surface area contributed by atoms with Crippen LogP contribution < -0.4 is 0 Å². The molecular formula is C9H7AlN2O2. The van der Waals surface area contributed by atoms with E-state index < -0.39 is 5.97 Å². The highest BCUT2D eigenvalue weighted by molar-refractivity contribution is 6.11. The number of nitrogens with zero attached hydrogens (tertiary/aromatic N) is 2. The van der Waals surface area contributed by atoms with E-state index in [1.165, 1.54) is 0 Å². The molecule has 2 radical (unpaired) electrons. The summed E-state index contributed by atoms with van der Waals surface area (Å²) in [5.74, 6) is -0.0876. The van der Waals surface area contributed by atoms with Crippen molar-refractivity contribution in [3.8, 4) is 0 Å². The Morgan fingerprint density at radius 2 is 2.29 bits per heavy atom. The van der Waals surface area contributed by atoms with E-state index in [2.05, 4.69) is 21.5 Å². The fourth-order valence-corrected chi connectivity index (χ4v) is 1.63. The first kappa shape index (κ1) is 9.26. The third-order valence-electron chi connectivity index (χ3n) is 2.11. The van der Waals surface area contributed by atoms with Gasteiger partial charge in [-0.2, -0.15) is 0 Å². The topological polar surface area (TPSA) is 55.1 Å². The molecule has 2 aromatic rings. The van der Waals surface area contributed by atoms with Gasteiger partial charge < -0.3 is 8.66 Å². The molecule has 0 aliphatic carbocycles. The van der Waals surface area contributed by atoms with Crippen molar-refractivity contribution in [1.29, 1.82) is 0 Å². The van der Waals surface area contributed by atoms with E-state index in [9.17, 15) is 4.79 Å². The fraction of sp³-hybridized carbons (Fsp3) is 0.111. The van der Waals surface area contributed by atoms with E-state index in [-0.39, 0.29) is 5.56 Å². The molecule has 0 atom stereocenters. The van der Waals surface area contributed by atoms with Gasteiger partial charge in [0.05, 0.1) is 16.9 Å². The van der Waals surface area contributed by atoms with Gasteiger partial charge in [0.2, 0.25) is 0 Å². The molecule has 0 amide bonds. The zero-order valence-corrected chi connectivity index (χ0v) is 8.71. The van der Waals surface area contributed by atoms with Gasteiger partial charge in [-0.25, -0.2) is 9.78 Å². The first-order valence-corrected chi connectivity index (χ1v) is 4.58. The lowest BCUT2D eigenvalue weighted by Crippen LogP contribution is -1.96. The lowest BCUT2D eigenvalue weighted by Gasteiger charge is -1.98. The van der Waals surface area contributed by atoms with E-state index in [1.807, 2.05) is 10.5 Å². The number of hydrogen-bond donors (Lipinski definition) is 1. The van der Waals surface area contributed by atoms with Crippen LogP contribution in [0.2, 0.25) is 0 Å². The third kappa shape index (κ3) is 1.31. The molecule has 14 heavy (non-hydrogen) atoms. The number of carboxylic acids is 1. The fourth-order valence-electron chi connectivity index (χ4n) is 1.35. The molecule has 0 aliphatic heterocycles. The standard InChI is InChI=1S/C9H8N2O2.Al/c1-5-10-7-3-2-6(9(12)13)4-8(7)11-5;/h2-4H,1H3,(H2,10,11,12,13);/q;+1/p-1. The minimum absolute atomic E-state index is 0.264. The number of rotatable bonds is 1. The van der Waals surface area contributed by atoms with Gasteiger partial charge in [-0.3, -0.25) is 0 Å². The number of hydrogen-bond acceptors (Lipinski definition) is 2. The Morgan fingerprint density at radius 3 is 2.93 bits per heavy atom. The molecule has 68 valence electrons. The van der Waals surface area contributed by atoms with Gasteiger partial charge in [0.25, 0.3) is 0 Å². The summed E-state index contributed by atoms with van der Waals surface area (Å²) >= 11 is 2.54. The quantitative estimate of drug-likeness (QED) is 0.701. The molecule has 0 spiro atoms. The molecule has 1 heterocycles. The first-order valence-electron chi connectivity index (χ1n) is 4.07. The second-order valence-corrected chi connectivity index (χ2v) is 3.55. The van der Waals surface area contributed by atoms with Crippen molar-refractivity contribution in [2.75, 3.05) is 0 Å². The Morgan fingerprint density at radius 1 is 1.57 bits per heavy atom. The van der Waals surface area contributed by atoms with Gasteiger partial charge in [-0.15, -0.1) is 0 Å². The molecule has 0 bridgehead atoms. The number of aromatic carboxylic acids is 1. The molecular weight excluding hydrogens is 195 g/mol. The Kier molecular flexibility index (Phi) is 2.06. The second kappa shape index (κ2) is 3.12. The van der Waals surface area contributed by atoms with E-state index >= 15 is 0 Å². The number of imidazole rings is 1. The summed E-state index contributed by atoms with van der Waals surface area (Å²) < 4.78 is 1.85. The summed E-state index contributed by atoms with van der Waals surface area (Å²) in [5.41, 5.74) is 1.88. The average Bonchev–Trinajstić information content (AvgIpc) is 2.42. The van der Waals surface area contributed by atoms with Crippen LogP contribution in [0.5, 0.6) is 0 Å². The number of aryl methyl sites for hydroxylation is 1. The van der Waals surface area contributed by atoms with Crippen LogP contribution >= 0.6 is 0 Å². The minimum Gasteiger partial charge on any atom is -0.478 e. The number of benzene rings is 1. The lowest BCUT2D eigenvalue weighted by molar-refractivity contribution is 0.0697. The number of fused-ring (bicyclic) bond motifs is 1. The molecule has 5 heteroatoms. The van der Waals surface area contributed by atoms with Crippen molar-refractivity contribution in [1.82, 2.24) is 8.53 Å². The second-order valence-electron chi connectivity index (χ2n) is 3.04. The van der Waals surface area contributed by atoms with Gasteiger partial charge in [0, 0.05) is 5.52 Å². The zero-order valence-electron chi connectivity index (χ0n) is 7.56. The Labute approximate surface area is 88.8 Å². The van der Waals surface area contributed by atoms with Crippen LogP contribution in [0, 0.1) is 6.92 Å². The van der Waals surface area contributed by atoms with Crippen molar-refractivity contribution in [2.45, 2.75) is 6.92 Å². The molecule has 0 saturated carbocycles. The molecule has 1 N–H and O–H groups in total. The Bertz CT molecular complexity index is 519. The molecule has 4 nitrogen and oxygen atoms in total. The summed E-state index contributed by atoms with van der Waals surface area (Å²) in [6, 6.07) is 4.91. The molecule has 2 rings (SSSR count). The molecule has 0 fully saturated rings. The highest BCUT2D eigenvalue weighted by Gasteiger charge is 2.07. The van der Waals surface area contributed by atoms with Crippen LogP contribution in [-0.2, 0) is 0 Å². The summed E-state index contributed by atoms with van der Waals surface area (Å²) in [5, 5.41) is 8.78. The smallest absolute Gasteiger partial charge is 0.335 e. The van der Waals surface area contributed by atoms with Crippen LogP contribution in [-0.4, -0.2) is 36.1 Å². The Hall–Kier alpha value is -1.31. The maximum atomic E-state index is 10.7. The van der Waals surface area contributed by atoms with Crippen molar-refractivity contribution in [3.63, 3.8) is 0 Å². The largest absolute Gasteiger partial charge is 0.478 e. The maximum Gasteiger partial charge on any atom is 0.335 e. The summed E-state index contributed by atoms with van der Waals surface area (Å²) in [7, 11) is 0. The molecule has 1 aromatic carbocycles. The van der Waals surface area contributed by atoms with Crippen LogP contribution in [0.1, 0.15) is 16.2 Å². The summed E-state index contributed by atoms with van der Waals surface area (Å²) in [6.07, 6.45) is 0. The van der Waals surface area contributed by atoms with Crippen LogP contribution in [0.3, 0.4) is 0 Å². The van der Waals surface area contributed by atoms with Crippen molar-refractivity contribution < 1.29 is 9.90 Å². The molecule has 1 aromatic heterocycles. The Balaban J connectivity index is 2.73. The molecule has 0 saturated heterocycles. The van der Waals surface area contributed by atoms with Crippen LogP contribution in [0.25, 0.3) is 11.0 Å². The van der Waals surface area contributed by atoms with E-state index in [1.54, 1.807) is 18.2 Å². The number of aromatic nitrogens is 2. The summed E-state index contributed by atoms with van der Waals surface area (Å²) in [4.78, 5) is 14.9. The maximum absolute atomic E-state index is 10.7. The molecule has 0 aliphatic rings. The van der Waals surface area contributed by atoms with E-state index in [4.69, 9.17) is 5.11 Å². The van der Waals surface area contributed by atoms with Gasteiger partial charge in [-0.05, 0) is 25.1 Å². The predicted octanol–water partition coefficient (Wildman–Crippen LogP) is 0.975. The highest BCUT2D eigenvalue weighted by Crippen LogP contribution is 2.15. The van der Waals surface area contributed by atoms with Crippen molar-refractivity contribution in [3.05, 3.63) is 29.6 Å². The molecule has 0 unspecified atom stereocenters. The average molecular weight is 202 g/mol. The third-order valence-corrected chi connectivity index (χ3v) is 2.76. The highest BCUT2D eigenvalue weighted by atomic mass is 27.1. The minimum atomic E-state index is -0.928. The van der Waals surface area contributed by atoms with Gasteiger partial charge in [-0.1, -0.05) is 0 Å². The van der Waals surface area contributed by atoms with Crippen molar-refractivity contribution >= 4 is 33.5 Å². The number of carbonyl (C=O) groups is 1. The normalized spacial score (nSPS) is 10.6. The SMILES string of the molecule is Cc1nc2cc(C(=O)O)ccc2[n]1[Al]. The van der Waals surface area contributed by atoms with Gasteiger partial charge in [0.15, 0.2) is 0 Å². The van der Waals surface area contributed by atoms with Gasteiger partial charge in [0.1, 0.15) is 0 Å². The summed E-state index contributed by atoms with van der Waals surface area (Å²) in [6.45, 7) is 1.87. The zero-order chi connectivity index (χ0) is 10.3. The van der Waals surface area contributed by atoms with Crippen LogP contribution in [0.4, 0.5) is 0 Å². The van der Waals surface area contributed by atoms with Crippen LogP contribution in [0.15, 0.2) is 18.2 Å². The first-order chi connectivity index (χ1) is 6.59. The lowest BCUT2D eigenvalue weighted by atomic mass is 10.2. The van der Waals surface area contributed by atoms with E-state index in [0.29, 0.717) is 5.52 Å². The van der Waals surface area contributed by atoms with Gasteiger partial charge >= 0.3 is 22.5 Å². The predicted molar refractivity (Wildman–Crippen MR) is 52.6 cm³/mol. The van der Waals surface area contributed by atoms with Crippen molar-refractivity contribution in [2.24, 2.45) is 0 Å². The number of carboxylic acid groups (broad SMARTS) is 1. The van der Waals surface area contributed by atoms with E-state index in [0.717, 1.165) is 11.3 Å².